The van der Waals surface area contributed by atoms with E-state index in [1.807, 2.05) is 12.1 Å². The van der Waals surface area contributed by atoms with Gasteiger partial charge in [-0.2, -0.15) is 0 Å². The van der Waals surface area contributed by atoms with Crippen molar-refractivity contribution in [3.05, 3.63) is 30.1 Å². The van der Waals surface area contributed by atoms with Gasteiger partial charge in [-0.15, -0.1) is 0 Å². The predicted octanol–water partition coefficient (Wildman–Crippen LogP) is -0.303. The zero-order valence-electron chi connectivity index (χ0n) is 7.53. The van der Waals surface area contributed by atoms with Crippen molar-refractivity contribution in [3.8, 4) is 0 Å². The largest absolute Gasteiger partial charge is 0.358 e. The van der Waals surface area contributed by atoms with Crippen molar-refractivity contribution in [3.63, 3.8) is 0 Å². The van der Waals surface area contributed by atoms with Crippen LogP contribution in [0.5, 0.6) is 0 Å². The molecule has 0 spiro atoms. The number of carbonyl (C=O) groups is 1. The maximum Gasteiger partial charge on any atom is 0.237 e. The average Bonchev–Trinajstić information content (AvgIpc) is 2.18. The van der Waals surface area contributed by atoms with Gasteiger partial charge in [0.1, 0.15) is 0 Å². The summed E-state index contributed by atoms with van der Waals surface area (Å²) in [6.07, 6.45) is 3.92. The van der Waals surface area contributed by atoms with Gasteiger partial charge in [0, 0.05) is 19.4 Å². The molecule has 0 aliphatic rings. The van der Waals surface area contributed by atoms with Gasteiger partial charge >= 0.3 is 0 Å². The number of hydrogen-bond acceptors (Lipinski definition) is 3. The number of nitrogens with two attached hydrogens (primary N) is 1. The van der Waals surface area contributed by atoms with Gasteiger partial charge in [-0.05, 0) is 24.1 Å². The Kier molecular flexibility index (Phi) is 3.40. The van der Waals surface area contributed by atoms with Gasteiger partial charge in [-0.3, -0.25) is 9.78 Å². The van der Waals surface area contributed by atoms with Gasteiger partial charge in [0.2, 0.25) is 5.91 Å². The van der Waals surface area contributed by atoms with Crippen molar-refractivity contribution in [1.29, 1.82) is 0 Å². The van der Waals surface area contributed by atoms with Crippen molar-refractivity contribution in [2.24, 2.45) is 5.73 Å². The first-order valence-electron chi connectivity index (χ1n) is 4.10. The molecular weight excluding hydrogens is 166 g/mol. The van der Waals surface area contributed by atoms with Crippen molar-refractivity contribution in [2.75, 3.05) is 7.05 Å². The summed E-state index contributed by atoms with van der Waals surface area (Å²) in [5, 5.41) is 2.51. The summed E-state index contributed by atoms with van der Waals surface area (Å²) in [5.74, 6) is -0.142. The van der Waals surface area contributed by atoms with E-state index in [1.54, 1.807) is 19.4 Å². The van der Waals surface area contributed by atoms with Crippen LogP contribution in [0.15, 0.2) is 24.5 Å². The summed E-state index contributed by atoms with van der Waals surface area (Å²) in [6.45, 7) is 0. The van der Waals surface area contributed by atoms with Gasteiger partial charge in [0.15, 0.2) is 0 Å². The molecule has 0 aromatic carbocycles. The second-order valence-corrected chi connectivity index (χ2v) is 2.78. The molecule has 0 bridgehead atoms. The highest BCUT2D eigenvalue weighted by molar-refractivity contribution is 5.81. The lowest BCUT2D eigenvalue weighted by Gasteiger charge is -2.08. The zero-order chi connectivity index (χ0) is 9.68. The second-order valence-electron chi connectivity index (χ2n) is 2.78. The first kappa shape index (κ1) is 9.67. The molecule has 1 aromatic heterocycles. The Balaban J connectivity index is 2.55. The molecular formula is C9H13N3O. The monoisotopic (exact) mass is 179 g/mol. The number of rotatable bonds is 3. The fraction of sp³-hybridized carbons (Fsp3) is 0.333. The lowest BCUT2D eigenvalue weighted by molar-refractivity contribution is -0.121. The molecule has 0 fully saturated rings. The van der Waals surface area contributed by atoms with Crippen LogP contribution in [0.25, 0.3) is 0 Å². The van der Waals surface area contributed by atoms with Crippen LogP contribution in [0.3, 0.4) is 0 Å². The maximum absolute atomic E-state index is 11.1. The molecule has 1 unspecified atom stereocenters. The summed E-state index contributed by atoms with van der Waals surface area (Å²) in [5.41, 5.74) is 6.65. The van der Waals surface area contributed by atoms with Crippen molar-refractivity contribution in [2.45, 2.75) is 12.5 Å². The molecule has 0 saturated carbocycles. The van der Waals surface area contributed by atoms with Gasteiger partial charge in [0.05, 0.1) is 6.04 Å². The van der Waals surface area contributed by atoms with Crippen LogP contribution >= 0.6 is 0 Å². The summed E-state index contributed by atoms with van der Waals surface area (Å²) in [4.78, 5) is 14.9. The van der Waals surface area contributed by atoms with Gasteiger partial charge in [-0.1, -0.05) is 0 Å². The minimum absolute atomic E-state index is 0.142. The quantitative estimate of drug-likeness (QED) is 0.669. The Morgan fingerprint density at radius 1 is 1.62 bits per heavy atom. The molecule has 1 atom stereocenters. The Morgan fingerprint density at radius 2 is 2.23 bits per heavy atom. The highest BCUT2D eigenvalue weighted by atomic mass is 16.2. The summed E-state index contributed by atoms with van der Waals surface area (Å²) in [6, 6.07) is 3.22. The topological polar surface area (TPSA) is 68.0 Å². The van der Waals surface area contributed by atoms with E-state index in [4.69, 9.17) is 5.73 Å². The van der Waals surface area contributed by atoms with E-state index >= 15 is 0 Å². The molecule has 1 rings (SSSR count). The number of likely N-dealkylation sites (N-methyl/N-ethyl adjacent to an activating group) is 1. The first-order chi connectivity index (χ1) is 6.24. The Morgan fingerprint density at radius 3 is 2.77 bits per heavy atom. The molecule has 4 heteroatoms. The molecule has 4 nitrogen and oxygen atoms in total. The number of aromatic nitrogens is 1. The van der Waals surface area contributed by atoms with Gasteiger partial charge in [-0.25, -0.2) is 0 Å². The van der Waals surface area contributed by atoms with E-state index in [2.05, 4.69) is 10.3 Å². The molecule has 0 aliphatic carbocycles. The summed E-state index contributed by atoms with van der Waals surface area (Å²) < 4.78 is 0. The Bertz CT molecular complexity index is 273. The van der Waals surface area contributed by atoms with E-state index < -0.39 is 6.04 Å². The van der Waals surface area contributed by atoms with E-state index in [-0.39, 0.29) is 5.91 Å². The van der Waals surface area contributed by atoms with Crippen LogP contribution in [-0.2, 0) is 11.2 Å². The third-order valence-electron chi connectivity index (χ3n) is 1.79. The van der Waals surface area contributed by atoms with Crippen LogP contribution < -0.4 is 11.1 Å². The van der Waals surface area contributed by atoms with Crippen molar-refractivity contribution in [1.82, 2.24) is 10.3 Å². The van der Waals surface area contributed by atoms with Crippen molar-refractivity contribution >= 4 is 5.91 Å². The Labute approximate surface area is 77.2 Å². The number of carbonyl (C=O) groups excluding carboxylic acids is 1. The van der Waals surface area contributed by atoms with E-state index in [9.17, 15) is 4.79 Å². The molecule has 3 N–H and O–H groups in total. The minimum Gasteiger partial charge on any atom is -0.358 e. The fourth-order valence-corrected chi connectivity index (χ4v) is 1.05. The smallest absolute Gasteiger partial charge is 0.237 e. The molecule has 70 valence electrons. The summed E-state index contributed by atoms with van der Waals surface area (Å²) in [7, 11) is 1.58. The molecule has 1 amide bonds. The number of nitrogens with one attached hydrogen (secondary N) is 1. The second kappa shape index (κ2) is 4.57. The van der Waals surface area contributed by atoms with E-state index in [1.165, 1.54) is 0 Å². The van der Waals surface area contributed by atoms with Crippen molar-refractivity contribution < 1.29 is 4.79 Å². The molecule has 0 radical (unpaired) electrons. The van der Waals surface area contributed by atoms with Crippen LogP contribution in [0.2, 0.25) is 0 Å². The first-order valence-corrected chi connectivity index (χ1v) is 4.10. The average molecular weight is 179 g/mol. The number of hydrogen-bond donors (Lipinski definition) is 2. The maximum atomic E-state index is 11.1. The SMILES string of the molecule is CNC(=O)C(N)Cc1ccncc1. The van der Waals surface area contributed by atoms with Crippen LogP contribution in [0.4, 0.5) is 0 Å². The number of nitrogens with zero attached hydrogens (tertiary/aromatic N) is 1. The molecule has 13 heavy (non-hydrogen) atoms. The van der Waals surface area contributed by atoms with E-state index in [0.29, 0.717) is 6.42 Å². The van der Waals surface area contributed by atoms with Crippen LogP contribution in [0, 0.1) is 0 Å². The highest BCUT2D eigenvalue weighted by Crippen LogP contribution is 1.99. The van der Waals surface area contributed by atoms with Gasteiger partial charge in [0.25, 0.3) is 0 Å². The molecule has 0 saturated heterocycles. The zero-order valence-corrected chi connectivity index (χ0v) is 7.53. The minimum atomic E-state index is -0.479. The molecule has 1 aromatic rings. The van der Waals surface area contributed by atoms with Crippen LogP contribution in [-0.4, -0.2) is 24.0 Å². The lowest BCUT2D eigenvalue weighted by atomic mass is 10.1. The van der Waals surface area contributed by atoms with Crippen LogP contribution in [0.1, 0.15) is 5.56 Å². The van der Waals surface area contributed by atoms with E-state index in [0.717, 1.165) is 5.56 Å². The highest BCUT2D eigenvalue weighted by Gasteiger charge is 2.11. The summed E-state index contributed by atoms with van der Waals surface area (Å²) >= 11 is 0. The van der Waals surface area contributed by atoms with Gasteiger partial charge < -0.3 is 11.1 Å². The fourth-order valence-electron chi connectivity index (χ4n) is 1.05. The molecule has 1 heterocycles. The third kappa shape index (κ3) is 2.83. The normalized spacial score (nSPS) is 12.2. The molecule has 0 aliphatic heterocycles. The number of amides is 1. The lowest BCUT2D eigenvalue weighted by Crippen LogP contribution is -2.40. The third-order valence-corrected chi connectivity index (χ3v) is 1.79. The predicted molar refractivity (Wildman–Crippen MR) is 50.0 cm³/mol. The number of pyridine rings is 1. The standard InChI is InChI=1S/C9H13N3O/c1-11-9(13)8(10)6-7-2-4-12-5-3-7/h2-5,8H,6,10H2,1H3,(H,11,13). The Hall–Kier alpha value is -1.42.